The summed E-state index contributed by atoms with van der Waals surface area (Å²) in [5.74, 6) is 1.31. The minimum absolute atomic E-state index is 0.00792. The van der Waals surface area contributed by atoms with E-state index in [1.165, 1.54) is 0 Å². The molecule has 0 amide bonds. The van der Waals surface area contributed by atoms with Gasteiger partial charge in [0.05, 0.1) is 26.4 Å². The van der Waals surface area contributed by atoms with Crippen molar-refractivity contribution in [2.75, 3.05) is 24.4 Å². The van der Waals surface area contributed by atoms with Gasteiger partial charge in [0.15, 0.2) is 17.3 Å². The van der Waals surface area contributed by atoms with E-state index in [0.717, 1.165) is 48.6 Å². The van der Waals surface area contributed by atoms with Gasteiger partial charge in [-0.1, -0.05) is 86.3 Å². The van der Waals surface area contributed by atoms with Gasteiger partial charge in [-0.05, 0) is 65.4 Å². The van der Waals surface area contributed by atoms with Crippen LogP contribution < -0.4 is 20.1 Å². The third-order valence-corrected chi connectivity index (χ3v) is 8.95. The summed E-state index contributed by atoms with van der Waals surface area (Å²) in [4.78, 5) is 15.2. The molecule has 0 heterocycles. The van der Waals surface area contributed by atoms with Crippen LogP contribution in [0.4, 0.5) is 11.4 Å². The van der Waals surface area contributed by atoms with Gasteiger partial charge in [-0.2, -0.15) is 0 Å². The minimum Gasteiger partial charge on any atom is -0.493 e. The maximum Gasteiger partial charge on any atom is 0.165 e. The van der Waals surface area contributed by atoms with E-state index in [-0.39, 0.29) is 18.4 Å². The molecule has 232 valence electrons. The molecule has 0 spiro atoms. The Labute approximate surface area is 269 Å². The number of aliphatic hydroxyl groups is 1. The smallest absolute Gasteiger partial charge is 0.165 e. The number of carbonyl (C=O) groups excluding carboxylic acids is 1. The number of hydrogen-bond acceptors (Lipinski definition) is 7. The molecule has 45 heavy (non-hydrogen) atoms. The van der Waals surface area contributed by atoms with Crippen molar-refractivity contribution in [3.8, 4) is 11.5 Å². The average Bonchev–Trinajstić information content (AvgIpc) is 3.38. The van der Waals surface area contributed by atoms with E-state index in [4.69, 9.17) is 9.47 Å². The van der Waals surface area contributed by atoms with Gasteiger partial charge in [-0.3, -0.25) is 4.79 Å². The fourth-order valence-electron chi connectivity index (χ4n) is 5.59. The highest BCUT2D eigenvalue weighted by Gasteiger charge is 2.32. The average molecular weight is 621 g/mol. The molecule has 1 unspecified atom stereocenters. The van der Waals surface area contributed by atoms with Crippen molar-refractivity contribution in [1.82, 2.24) is 0 Å². The highest BCUT2D eigenvalue weighted by Crippen LogP contribution is 2.42. The van der Waals surface area contributed by atoms with Gasteiger partial charge in [0.2, 0.25) is 0 Å². The van der Waals surface area contributed by atoms with Crippen LogP contribution in [-0.4, -0.2) is 24.6 Å². The number of ether oxygens (including phenoxy) is 2. The van der Waals surface area contributed by atoms with Crippen molar-refractivity contribution in [1.29, 1.82) is 0 Å². The van der Waals surface area contributed by atoms with Gasteiger partial charge in [0.1, 0.15) is 0 Å². The lowest BCUT2D eigenvalue weighted by molar-refractivity contribution is 0.0990. The predicted molar refractivity (Wildman–Crippen MR) is 185 cm³/mol. The number of ketones is 1. The number of Topliss-reactive ketones (excluding diaryl/α,β-unsaturated/α-hetero) is 1. The molecular weight excluding hydrogens is 580 g/mol. The number of hydrogen-bond donors (Lipinski definition) is 3. The Balaban J connectivity index is 0.00000196. The zero-order valence-electron chi connectivity index (χ0n) is 26.2. The summed E-state index contributed by atoms with van der Waals surface area (Å²) in [5.41, 5.74) is 5.61. The standard InChI is InChI=1S/C36H34N2O4S.C2H6/c1-3-42-34-19-29-28(18-33(34)41-2)31(20-32(29)40)38-30-17-26(16-23-10-4-7-13-27(23)30)37-21-24-11-5-8-14-35(24)43-36-15-9-6-12-25(36)22-39;1-2/h4-19,31,37-39H,3,20-22H2,1-2H3;1-2H3. The number of nitrogens with one attached hydrogen (secondary N) is 2. The summed E-state index contributed by atoms with van der Waals surface area (Å²) in [6.45, 7) is 7.05. The minimum atomic E-state index is -0.186. The Bertz CT molecular complexity index is 1790. The second-order valence-electron chi connectivity index (χ2n) is 10.4. The molecule has 6 nitrogen and oxygen atoms in total. The SMILES string of the molecule is CC.CCOc1cc2c(cc1OC)C(Nc1cc(NCc3ccccc3Sc3ccccc3CO)cc3ccccc13)CC2=O. The zero-order chi connectivity index (χ0) is 31.8. The van der Waals surface area contributed by atoms with Crippen molar-refractivity contribution in [3.05, 3.63) is 119 Å². The number of benzene rings is 5. The Hall–Kier alpha value is -4.46. The van der Waals surface area contributed by atoms with E-state index in [2.05, 4.69) is 47.0 Å². The molecule has 6 rings (SSSR count). The number of fused-ring (bicyclic) bond motifs is 2. The van der Waals surface area contributed by atoms with Gasteiger partial charge in [0.25, 0.3) is 0 Å². The highest BCUT2D eigenvalue weighted by molar-refractivity contribution is 7.99. The molecule has 3 N–H and O–H groups in total. The first-order chi connectivity index (χ1) is 22.1. The van der Waals surface area contributed by atoms with E-state index in [1.807, 2.05) is 81.4 Å². The second-order valence-corrected chi connectivity index (χ2v) is 11.5. The molecular formula is C38H40N2O4S. The molecule has 1 atom stereocenters. The van der Waals surface area contributed by atoms with Gasteiger partial charge in [-0.15, -0.1) is 0 Å². The molecule has 0 aromatic heterocycles. The molecule has 5 aromatic carbocycles. The number of methoxy groups -OCH3 is 1. The summed E-state index contributed by atoms with van der Waals surface area (Å²) in [6, 6.07) is 32.4. The van der Waals surface area contributed by atoms with Crippen LogP contribution in [0.1, 0.15) is 60.3 Å². The van der Waals surface area contributed by atoms with E-state index in [9.17, 15) is 9.90 Å². The maximum atomic E-state index is 13.1. The Morgan fingerprint density at radius 1 is 0.867 bits per heavy atom. The summed E-state index contributed by atoms with van der Waals surface area (Å²) in [5, 5.41) is 19.3. The Morgan fingerprint density at radius 2 is 1.56 bits per heavy atom. The van der Waals surface area contributed by atoms with Crippen LogP contribution in [0, 0.1) is 0 Å². The first kappa shape index (κ1) is 31.9. The largest absolute Gasteiger partial charge is 0.493 e. The van der Waals surface area contributed by atoms with Gasteiger partial charge < -0.3 is 25.2 Å². The summed E-state index contributed by atoms with van der Waals surface area (Å²) in [6.07, 6.45) is 0.361. The first-order valence-electron chi connectivity index (χ1n) is 15.4. The van der Waals surface area contributed by atoms with Crippen LogP contribution in [0.15, 0.2) is 107 Å². The number of aliphatic hydroxyl groups excluding tert-OH is 1. The molecule has 1 aliphatic rings. The van der Waals surface area contributed by atoms with Crippen molar-refractivity contribution in [3.63, 3.8) is 0 Å². The lowest BCUT2D eigenvalue weighted by atomic mass is 10.0. The van der Waals surface area contributed by atoms with Crippen LogP contribution >= 0.6 is 11.8 Å². The third kappa shape index (κ3) is 7.11. The monoisotopic (exact) mass is 620 g/mol. The topological polar surface area (TPSA) is 79.8 Å². The summed E-state index contributed by atoms with van der Waals surface area (Å²) >= 11 is 1.66. The lowest BCUT2D eigenvalue weighted by Crippen LogP contribution is -2.09. The molecule has 0 fully saturated rings. The van der Waals surface area contributed by atoms with Crippen molar-refractivity contribution in [2.24, 2.45) is 0 Å². The van der Waals surface area contributed by atoms with Crippen LogP contribution in [0.25, 0.3) is 10.8 Å². The van der Waals surface area contributed by atoms with Gasteiger partial charge in [0, 0.05) is 45.1 Å². The molecule has 5 aromatic rings. The van der Waals surface area contributed by atoms with Gasteiger partial charge >= 0.3 is 0 Å². The molecule has 0 radical (unpaired) electrons. The summed E-state index contributed by atoms with van der Waals surface area (Å²) in [7, 11) is 1.62. The van der Waals surface area contributed by atoms with Crippen molar-refractivity contribution < 1.29 is 19.4 Å². The van der Waals surface area contributed by atoms with Crippen molar-refractivity contribution >= 4 is 39.7 Å². The molecule has 7 heteroatoms. The number of rotatable bonds is 11. The quantitative estimate of drug-likeness (QED) is 0.136. The molecule has 1 aliphatic carbocycles. The summed E-state index contributed by atoms with van der Waals surface area (Å²) < 4.78 is 11.3. The Morgan fingerprint density at radius 3 is 2.29 bits per heavy atom. The molecule has 0 aliphatic heterocycles. The third-order valence-electron chi connectivity index (χ3n) is 7.71. The van der Waals surface area contributed by atoms with E-state index >= 15 is 0 Å². The molecule has 0 saturated heterocycles. The van der Waals surface area contributed by atoms with E-state index in [1.54, 1.807) is 18.9 Å². The molecule has 0 saturated carbocycles. The lowest BCUT2D eigenvalue weighted by Gasteiger charge is -2.20. The first-order valence-corrected chi connectivity index (χ1v) is 16.2. The van der Waals surface area contributed by atoms with Crippen LogP contribution in [0.5, 0.6) is 11.5 Å². The Kier molecular flexibility index (Phi) is 10.7. The number of carbonyl (C=O) groups is 1. The fraction of sp³-hybridized carbons (Fsp3) is 0.237. The number of anilines is 2. The van der Waals surface area contributed by atoms with Gasteiger partial charge in [-0.25, -0.2) is 0 Å². The van der Waals surface area contributed by atoms with Crippen molar-refractivity contribution in [2.45, 2.75) is 56.2 Å². The maximum absolute atomic E-state index is 13.1. The van der Waals surface area contributed by atoms with E-state index in [0.29, 0.717) is 36.6 Å². The fourth-order valence-corrected chi connectivity index (χ4v) is 6.65. The van der Waals surface area contributed by atoms with Crippen LogP contribution in [0.3, 0.4) is 0 Å². The highest BCUT2D eigenvalue weighted by atomic mass is 32.2. The predicted octanol–water partition coefficient (Wildman–Crippen LogP) is 9.27. The van der Waals surface area contributed by atoms with Crippen LogP contribution in [0.2, 0.25) is 0 Å². The van der Waals surface area contributed by atoms with E-state index < -0.39 is 0 Å². The van der Waals surface area contributed by atoms with Crippen LogP contribution in [-0.2, 0) is 13.2 Å². The second kappa shape index (κ2) is 15.0. The zero-order valence-corrected chi connectivity index (χ0v) is 27.0. The molecule has 0 bridgehead atoms. The normalized spacial score (nSPS) is 13.5.